The molecule has 0 radical (unpaired) electrons. The Morgan fingerprint density at radius 2 is 2.00 bits per heavy atom. The van der Waals surface area contributed by atoms with Crippen LogP contribution in [0.25, 0.3) is 0 Å². The van der Waals surface area contributed by atoms with Crippen LogP contribution < -0.4 is 5.32 Å². The monoisotopic (exact) mass is 317 g/mol. The number of amides is 1. The van der Waals surface area contributed by atoms with Crippen LogP contribution in [-0.2, 0) is 14.6 Å². The van der Waals surface area contributed by atoms with E-state index in [0.717, 1.165) is 26.2 Å². The molecule has 0 saturated carbocycles. The van der Waals surface area contributed by atoms with E-state index in [2.05, 4.69) is 24.1 Å². The summed E-state index contributed by atoms with van der Waals surface area (Å²) in [5.74, 6) is 0.771. The zero-order valence-electron chi connectivity index (χ0n) is 13.0. The summed E-state index contributed by atoms with van der Waals surface area (Å²) in [6.45, 7) is 8.76. The fraction of sp³-hybridized carbons (Fsp3) is 0.929. The number of nitrogens with one attached hydrogen (secondary N) is 1. The van der Waals surface area contributed by atoms with E-state index in [-0.39, 0.29) is 23.5 Å². The third kappa shape index (κ3) is 4.93. The lowest BCUT2D eigenvalue weighted by Gasteiger charge is -2.33. The molecule has 0 aromatic rings. The quantitative estimate of drug-likeness (QED) is 0.745. The van der Waals surface area contributed by atoms with Crippen molar-refractivity contribution in [2.45, 2.75) is 26.3 Å². The van der Waals surface area contributed by atoms with E-state index in [0.29, 0.717) is 25.4 Å². The molecule has 1 atom stereocenters. The molecule has 1 N–H and O–H groups in total. The van der Waals surface area contributed by atoms with Gasteiger partial charge in [-0.2, -0.15) is 0 Å². The number of hydrogen-bond donors (Lipinski definition) is 1. The lowest BCUT2D eigenvalue weighted by atomic mass is 10.1. The van der Waals surface area contributed by atoms with Crippen molar-refractivity contribution in [2.75, 3.05) is 50.8 Å². The largest absolute Gasteiger partial charge is 0.337 e. The second-order valence-electron chi connectivity index (χ2n) is 6.52. The summed E-state index contributed by atoms with van der Waals surface area (Å²) in [5.41, 5.74) is 0. The Labute approximate surface area is 127 Å². The van der Waals surface area contributed by atoms with E-state index in [1.54, 1.807) is 0 Å². The van der Waals surface area contributed by atoms with Gasteiger partial charge in [0, 0.05) is 38.8 Å². The molecule has 2 fully saturated rings. The fourth-order valence-corrected chi connectivity index (χ4v) is 4.75. The average Bonchev–Trinajstić information content (AvgIpc) is 2.77. The molecule has 2 rings (SSSR count). The number of carbonyl (C=O) groups is 1. The van der Waals surface area contributed by atoms with Crippen molar-refractivity contribution in [3.63, 3.8) is 0 Å². The average molecular weight is 317 g/mol. The van der Waals surface area contributed by atoms with Crippen LogP contribution in [0, 0.1) is 5.92 Å². The van der Waals surface area contributed by atoms with Gasteiger partial charge in [-0.15, -0.1) is 0 Å². The Bertz CT molecular complexity index is 458. The number of nitrogens with zero attached hydrogens (tertiary/aromatic N) is 2. The summed E-state index contributed by atoms with van der Waals surface area (Å²) in [7, 11) is -2.96. The van der Waals surface area contributed by atoms with Crippen LogP contribution in [-0.4, -0.2) is 80.9 Å². The van der Waals surface area contributed by atoms with Gasteiger partial charge in [-0.05, 0) is 12.3 Å². The highest BCUT2D eigenvalue weighted by molar-refractivity contribution is 7.91. The van der Waals surface area contributed by atoms with Crippen molar-refractivity contribution < 1.29 is 13.2 Å². The van der Waals surface area contributed by atoms with Crippen LogP contribution in [0.1, 0.15) is 20.3 Å². The van der Waals surface area contributed by atoms with Crippen molar-refractivity contribution in [1.82, 2.24) is 15.1 Å². The molecule has 6 nitrogen and oxygen atoms in total. The first-order chi connectivity index (χ1) is 9.87. The normalized spacial score (nSPS) is 26.1. The summed E-state index contributed by atoms with van der Waals surface area (Å²) >= 11 is 0. The summed E-state index contributed by atoms with van der Waals surface area (Å²) < 4.78 is 23.4. The second-order valence-corrected chi connectivity index (χ2v) is 8.75. The lowest BCUT2D eigenvalue weighted by Crippen LogP contribution is -2.51. The Morgan fingerprint density at radius 3 is 2.52 bits per heavy atom. The molecule has 0 aromatic heterocycles. The zero-order chi connectivity index (χ0) is 15.5. The van der Waals surface area contributed by atoms with E-state index in [9.17, 15) is 13.2 Å². The molecule has 2 aliphatic heterocycles. The standard InChI is InChI=1S/C14H27N3O3S/c1-12(2)9-17(13-3-8-21(19,20)11-13)14(18)10-16-6-4-15-5-7-16/h12-13,15H,3-11H2,1-2H3. The molecule has 2 heterocycles. The summed E-state index contributed by atoms with van der Waals surface area (Å²) in [4.78, 5) is 16.6. The van der Waals surface area contributed by atoms with Gasteiger partial charge in [0.1, 0.15) is 0 Å². The molecular weight excluding hydrogens is 290 g/mol. The summed E-state index contributed by atoms with van der Waals surface area (Å²) in [5, 5.41) is 3.27. The SMILES string of the molecule is CC(C)CN(C(=O)CN1CCNCC1)C1CCS(=O)(=O)C1. The minimum Gasteiger partial charge on any atom is -0.337 e. The number of rotatable bonds is 5. The zero-order valence-corrected chi connectivity index (χ0v) is 13.9. The number of carbonyl (C=O) groups excluding carboxylic acids is 1. The highest BCUT2D eigenvalue weighted by atomic mass is 32.2. The first-order valence-corrected chi connectivity index (χ1v) is 9.62. The molecule has 21 heavy (non-hydrogen) atoms. The molecule has 2 saturated heterocycles. The van der Waals surface area contributed by atoms with Crippen LogP contribution >= 0.6 is 0 Å². The van der Waals surface area contributed by atoms with E-state index in [1.807, 2.05) is 4.90 Å². The van der Waals surface area contributed by atoms with E-state index >= 15 is 0 Å². The molecule has 0 aliphatic carbocycles. The molecule has 2 aliphatic rings. The van der Waals surface area contributed by atoms with Gasteiger partial charge in [0.25, 0.3) is 0 Å². The molecular formula is C14H27N3O3S. The van der Waals surface area contributed by atoms with Gasteiger partial charge in [-0.1, -0.05) is 13.8 Å². The van der Waals surface area contributed by atoms with Gasteiger partial charge in [0.05, 0.1) is 18.1 Å². The Balaban J connectivity index is 1.99. The van der Waals surface area contributed by atoms with Gasteiger partial charge in [0.2, 0.25) is 5.91 Å². The Morgan fingerprint density at radius 1 is 1.33 bits per heavy atom. The predicted octanol–water partition coefficient (Wildman–Crippen LogP) is -0.437. The van der Waals surface area contributed by atoms with Gasteiger partial charge < -0.3 is 10.2 Å². The van der Waals surface area contributed by atoms with Crippen LogP contribution in [0.2, 0.25) is 0 Å². The molecule has 1 unspecified atom stereocenters. The van der Waals surface area contributed by atoms with Crippen molar-refractivity contribution in [3.05, 3.63) is 0 Å². The Kier molecular flexibility index (Phi) is 5.62. The van der Waals surface area contributed by atoms with Gasteiger partial charge in [-0.25, -0.2) is 8.42 Å². The van der Waals surface area contributed by atoms with Crippen LogP contribution in [0.3, 0.4) is 0 Å². The maximum atomic E-state index is 12.6. The van der Waals surface area contributed by atoms with Crippen molar-refractivity contribution in [1.29, 1.82) is 0 Å². The Hall–Kier alpha value is -0.660. The van der Waals surface area contributed by atoms with E-state index in [4.69, 9.17) is 0 Å². The van der Waals surface area contributed by atoms with Gasteiger partial charge in [0.15, 0.2) is 9.84 Å². The van der Waals surface area contributed by atoms with Gasteiger partial charge >= 0.3 is 0 Å². The van der Waals surface area contributed by atoms with Crippen molar-refractivity contribution in [3.8, 4) is 0 Å². The van der Waals surface area contributed by atoms with E-state index < -0.39 is 9.84 Å². The first kappa shape index (κ1) is 16.7. The molecule has 0 aromatic carbocycles. The summed E-state index contributed by atoms with van der Waals surface area (Å²) in [6, 6.07) is -0.132. The molecule has 0 spiro atoms. The smallest absolute Gasteiger partial charge is 0.237 e. The fourth-order valence-electron chi connectivity index (χ4n) is 3.02. The van der Waals surface area contributed by atoms with Gasteiger partial charge in [-0.3, -0.25) is 9.69 Å². The minimum absolute atomic E-state index is 0.0766. The van der Waals surface area contributed by atoms with E-state index in [1.165, 1.54) is 0 Å². The highest BCUT2D eigenvalue weighted by Crippen LogP contribution is 2.19. The highest BCUT2D eigenvalue weighted by Gasteiger charge is 2.35. The molecule has 1 amide bonds. The minimum atomic E-state index is -2.96. The van der Waals surface area contributed by atoms with Crippen LogP contribution in [0.5, 0.6) is 0 Å². The molecule has 122 valence electrons. The topological polar surface area (TPSA) is 69.7 Å². The van der Waals surface area contributed by atoms with Crippen molar-refractivity contribution in [2.24, 2.45) is 5.92 Å². The van der Waals surface area contributed by atoms with Crippen LogP contribution in [0.15, 0.2) is 0 Å². The third-order valence-corrected chi connectivity index (χ3v) is 5.85. The summed E-state index contributed by atoms with van der Waals surface area (Å²) in [6.07, 6.45) is 0.586. The van der Waals surface area contributed by atoms with Crippen LogP contribution in [0.4, 0.5) is 0 Å². The number of piperazine rings is 1. The molecule has 7 heteroatoms. The number of hydrogen-bond acceptors (Lipinski definition) is 5. The second kappa shape index (κ2) is 7.07. The first-order valence-electron chi connectivity index (χ1n) is 7.80. The predicted molar refractivity (Wildman–Crippen MR) is 82.9 cm³/mol. The molecule has 0 bridgehead atoms. The van der Waals surface area contributed by atoms with Crippen molar-refractivity contribution >= 4 is 15.7 Å². The maximum Gasteiger partial charge on any atom is 0.237 e. The maximum absolute atomic E-state index is 12.6. The third-order valence-electron chi connectivity index (χ3n) is 4.10. The number of sulfone groups is 1. The lowest BCUT2D eigenvalue weighted by molar-refractivity contribution is -0.135.